The molecule has 68 valence electrons. The summed E-state index contributed by atoms with van der Waals surface area (Å²) in [5.41, 5.74) is 0.909. The van der Waals surface area contributed by atoms with Gasteiger partial charge in [-0.2, -0.15) is 0 Å². The first-order valence-electron chi connectivity index (χ1n) is 3.91. The van der Waals surface area contributed by atoms with Crippen LogP contribution in [0.5, 0.6) is 0 Å². The second-order valence-corrected chi connectivity index (χ2v) is 2.26. The molecule has 0 saturated carbocycles. The van der Waals surface area contributed by atoms with E-state index in [0.29, 0.717) is 19.6 Å². The first kappa shape index (κ1) is 10.8. The van der Waals surface area contributed by atoms with Crippen molar-refractivity contribution in [2.24, 2.45) is 0 Å². The zero-order valence-electron chi connectivity index (χ0n) is 7.43. The first-order valence-corrected chi connectivity index (χ1v) is 3.91. The number of rotatable bonds is 5. The standard InChI is InChI=1S/C9H15NO2/c1-4-8(3)6-7-10-9(11)12-5-2/h4H,1,3,5-7H2,2H3,(H,10,11). The summed E-state index contributed by atoms with van der Waals surface area (Å²) in [7, 11) is 0. The molecule has 0 unspecified atom stereocenters. The summed E-state index contributed by atoms with van der Waals surface area (Å²) >= 11 is 0. The molecule has 3 nitrogen and oxygen atoms in total. The molecule has 0 bridgehead atoms. The van der Waals surface area contributed by atoms with Gasteiger partial charge in [-0.05, 0) is 13.3 Å². The molecule has 0 aliphatic rings. The minimum Gasteiger partial charge on any atom is -0.450 e. The van der Waals surface area contributed by atoms with Gasteiger partial charge in [0.1, 0.15) is 0 Å². The van der Waals surface area contributed by atoms with Crippen LogP contribution in [0.2, 0.25) is 0 Å². The molecule has 0 aromatic carbocycles. The predicted octanol–water partition coefficient (Wildman–Crippen LogP) is 1.86. The lowest BCUT2D eigenvalue weighted by atomic mass is 10.2. The Hall–Kier alpha value is -1.25. The summed E-state index contributed by atoms with van der Waals surface area (Å²) in [5, 5.41) is 2.58. The molecule has 0 rings (SSSR count). The summed E-state index contributed by atoms with van der Waals surface area (Å²) < 4.78 is 4.65. The van der Waals surface area contributed by atoms with Crippen LogP contribution in [0.25, 0.3) is 0 Å². The Labute approximate surface area is 73.1 Å². The molecular formula is C9H15NO2. The Kier molecular flexibility index (Phi) is 5.79. The van der Waals surface area contributed by atoms with Crippen LogP contribution in [0.4, 0.5) is 4.79 Å². The summed E-state index contributed by atoms with van der Waals surface area (Å²) in [6.45, 7) is 9.97. The molecule has 0 aliphatic carbocycles. The van der Waals surface area contributed by atoms with E-state index < -0.39 is 0 Å². The van der Waals surface area contributed by atoms with E-state index in [0.717, 1.165) is 5.57 Å². The van der Waals surface area contributed by atoms with Crippen LogP contribution in [0.15, 0.2) is 24.8 Å². The topological polar surface area (TPSA) is 38.3 Å². The third-order valence-corrected chi connectivity index (χ3v) is 1.28. The number of nitrogens with one attached hydrogen (secondary N) is 1. The number of alkyl carbamates (subject to hydrolysis) is 1. The zero-order chi connectivity index (χ0) is 9.40. The van der Waals surface area contributed by atoms with Gasteiger partial charge in [0.2, 0.25) is 0 Å². The number of hydrogen-bond donors (Lipinski definition) is 1. The van der Waals surface area contributed by atoms with Crippen molar-refractivity contribution in [3.05, 3.63) is 24.8 Å². The molecule has 3 heteroatoms. The number of carbonyl (C=O) groups is 1. The highest BCUT2D eigenvalue weighted by Gasteiger charge is 1.97. The number of amides is 1. The van der Waals surface area contributed by atoms with E-state index in [4.69, 9.17) is 0 Å². The lowest BCUT2D eigenvalue weighted by Gasteiger charge is -2.04. The molecule has 0 atom stereocenters. The van der Waals surface area contributed by atoms with Gasteiger partial charge >= 0.3 is 6.09 Å². The predicted molar refractivity (Wildman–Crippen MR) is 49.0 cm³/mol. The Balaban J connectivity index is 3.36. The zero-order valence-corrected chi connectivity index (χ0v) is 7.43. The van der Waals surface area contributed by atoms with Crippen LogP contribution in [-0.2, 0) is 4.74 Å². The van der Waals surface area contributed by atoms with Crippen LogP contribution in [-0.4, -0.2) is 19.2 Å². The van der Waals surface area contributed by atoms with Crippen LogP contribution < -0.4 is 5.32 Å². The van der Waals surface area contributed by atoms with Crippen molar-refractivity contribution in [2.45, 2.75) is 13.3 Å². The van der Waals surface area contributed by atoms with E-state index in [9.17, 15) is 4.79 Å². The Morgan fingerprint density at radius 2 is 2.33 bits per heavy atom. The summed E-state index contributed by atoms with van der Waals surface area (Å²) in [6, 6.07) is 0. The molecule has 0 spiro atoms. The van der Waals surface area contributed by atoms with E-state index in [1.165, 1.54) is 0 Å². The highest BCUT2D eigenvalue weighted by molar-refractivity contribution is 5.67. The van der Waals surface area contributed by atoms with Crippen molar-refractivity contribution < 1.29 is 9.53 Å². The summed E-state index contributed by atoms with van der Waals surface area (Å²) in [6.07, 6.45) is 2.00. The number of ether oxygens (including phenoxy) is 1. The van der Waals surface area contributed by atoms with Gasteiger partial charge in [0, 0.05) is 6.54 Å². The van der Waals surface area contributed by atoms with Gasteiger partial charge in [0.05, 0.1) is 6.61 Å². The Morgan fingerprint density at radius 1 is 1.67 bits per heavy atom. The fraction of sp³-hybridized carbons (Fsp3) is 0.444. The van der Waals surface area contributed by atoms with Gasteiger partial charge in [-0.15, -0.1) is 0 Å². The van der Waals surface area contributed by atoms with Crippen molar-refractivity contribution in [1.29, 1.82) is 0 Å². The third-order valence-electron chi connectivity index (χ3n) is 1.28. The first-order chi connectivity index (χ1) is 5.70. The van der Waals surface area contributed by atoms with E-state index in [1.807, 2.05) is 0 Å². The molecule has 0 radical (unpaired) electrons. The second kappa shape index (κ2) is 6.46. The molecule has 0 aromatic rings. The van der Waals surface area contributed by atoms with Crippen molar-refractivity contribution in [1.82, 2.24) is 5.32 Å². The lowest BCUT2D eigenvalue weighted by molar-refractivity contribution is 0.152. The van der Waals surface area contributed by atoms with Crippen LogP contribution in [0.3, 0.4) is 0 Å². The summed E-state index contributed by atoms with van der Waals surface area (Å²) in [5.74, 6) is 0. The van der Waals surface area contributed by atoms with Crippen molar-refractivity contribution in [2.75, 3.05) is 13.2 Å². The highest BCUT2D eigenvalue weighted by Crippen LogP contribution is 1.95. The molecule has 0 heterocycles. The van der Waals surface area contributed by atoms with Crippen LogP contribution >= 0.6 is 0 Å². The Bertz CT molecular complexity index is 175. The van der Waals surface area contributed by atoms with Gasteiger partial charge in [-0.1, -0.05) is 24.8 Å². The number of carbonyl (C=O) groups excluding carboxylic acids is 1. The van der Waals surface area contributed by atoms with Crippen molar-refractivity contribution >= 4 is 6.09 Å². The quantitative estimate of drug-likeness (QED) is 0.638. The van der Waals surface area contributed by atoms with Crippen LogP contribution in [0, 0.1) is 0 Å². The molecule has 0 aliphatic heterocycles. The molecule has 0 fully saturated rings. The third kappa shape index (κ3) is 5.53. The Morgan fingerprint density at radius 3 is 2.83 bits per heavy atom. The fourth-order valence-corrected chi connectivity index (χ4v) is 0.609. The maximum Gasteiger partial charge on any atom is 0.407 e. The van der Waals surface area contributed by atoms with Gasteiger partial charge in [0.15, 0.2) is 0 Å². The van der Waals surface area contributed by atoms with Crippen molar-refractivity contribution in [3.8, 4) is 0 Å². The molecule has 1 N–H and O–H groups in total. The largest absolute Gasteiger partial charge is 0.450 e. The second-order valence-electron chi connectivity index (χ2n) is 2.26. The van der Waals surface area contributed by atoms with Crippen molar-refractivity contribution in [3.63, 3.8) is 0 Å². The SMILES string of the molecule is C=CC(=C)CCNC(=O)OCC. The minimum atomic E-state index is -0.380. The normalized spacial score (nSPS) is 8.75. The van der Waals surface area contributed by atoms with Gasteiger partial charge in [-0.25, -0.2) is 4.79 Å². The molecule has 1 amide bonds. The van der Waals surface area contributed by atoms with E-state index in [-0.39, 0.29) is 6.09 Å². The number of allylic oxidation sites excluding steroid dienone is 1. The fourth-order valence-electron chi connectivity index (χ4n) is 0.609. The molecule has 0 aromatic heterocycles. The maximum atomic E-state index is 10.7. The highest BCUT2D eigenvalue weighted by atomic mass is 16.5. The van der Waals surface area contributed by atoms with E-state index in [1.54, 1.807) is 13.0 Å². The molecule has 0 saturated heterocycles. The van der Waals surface area contributed by atoms with Gasteiger partial charge in [-0.3, -0.25) is 0 Å². The minimum absolute atomic E-state index is 0.380. The smallest absolute Gasteiger partial charge is 0.407 e. The monoisotopic (exact) mass is 169 g/mol. The van der Waals surface area contributed by atoms with Gasteiger partial charge < -0.3 is 10.1 Å². The lowest BCUT2D eigenvalue weighted by Crippen LogP contribution is -2.25. The molecule has 12 heavy (non-hydrogen) atoms. The maximum absolute atomic E-state index is 10.7. The van der Waals surface area contributed by atoms with E-state index in [2.05, 4.69) is 23.2 Å². The van der Waals surface area contributed by atoms with Crippen LogP contribution in [0.1, 0.15) is 13.3 Å². The molecular weight excluding hydrogens is 154 g/mol. The average Bonchev–Trinajstić information content (AvgIpc) is 2.04. The number of hydrogen-bond acceptors (Lipinski definition) is 2. The van der Waals surface area contributed by atoms with E-state index >= 15 is 0 Å². The average molecular weight is 169 g/mol. The van der Waals surface area contributed by atoms with Gasteiger partial charge in [0.25, 0.3) is 0 Å². The summed E-state index contributed by atoms with van der Waals surface area (Å²) in [4.78, 5) is 10.7.